The van der Waals surface area contributed by atoms with Crippen LogP contribution in [-0.2, 0) is 17.5 Å². The van der Waals surface area contributed by atoms with Gasteiger partial charge in [-0.2, -0.15) is 9.13 Å². The molecule has 0 fully saturated rings. The number of fused-ring (bicyclic) bond motifs is 6. The zero-order chi connectivity index (χ0) is 29.0. The quantitative estimate of drug-likeness (QED) is 0.181. The van der Waals surface area contributed by atoms with Gasteiger partial charge in [-0.05, 0) is 60.5 Å². The molecule has 0 amide bonds. The molecule has 1 atom stereocenters. The van der Waals surface area contributed by atoms with E-state index in [1.165, 1.54) is 95.1 Å². The second kappa shape index (κ2) is 6.51. The fraction of sp³-hybridized carbons (Fsp3) is 0.179. The van der Waals surface area contributed by atoms with Crippen molar-refractivity contribution >= 4 is 39.0 Å². The Labute approximate surface area is 254 Å². The van der Waals surface area contributed by atoms with E-state index in [1.807, 2.05) is 0 Å². The molecule has 0 saturated carbocycles. The number of benzene rings is 4. The minimum Gasteiger partial charge on any atom is -0.308 e. The minimum atomic E-state index is -0.569. The third-order valence-corrected chi connectivity index (χ3v) is 11.6. The average Bonchev–Trinajstić information content (AvgIpc) is 3.65. The summed E-state index contributed by atoms with van der Waals surface area (Å²) in [4.78, 5) is 2.61. The first-order chi connectivity index (χ1) is 21.4. The molecule has 0 aliphatic carbocycles. The fourth-order valence-electron chi connectivity index (χ4n) is 10.1. The van der Waals surface area contributed by atoms with E-state index in [4.69, 9.17) is 0 Å². The number of pyridine rings is 1. The zero-order valence-corrected chi connectivity index (χ0v) is 25.1. The van der Waals surface area contributed by atoms with Crippen LogP contribution in [-0.4, -0.2) is 9.25 Å². The lowest BCUT2D eigenvalue weighted by molar-refractivity contribution is -0.989. The third kappa shape index (κ3) is 1.95. The van der Waals surface area contributed by atoms with Gasteiger partial charge < -0.3 is 4.90 Å². The topological polar surface area (TPSA) is 20.9 Å². The van der Waals surface area contributed by atoms with Gasteiger partial charge >= 0.3 is 11.3 Å². The summed E-state index contributed by atoms with van der Waals surface area (Å²) in [6.07, 6.45) is 3.28. The van der Waals surface area contributed by atoms with Crippen molar-refractivity contribution in [3.05, 3.63) is 136 Å². The van der Waals surface area contributed by atoms with Gasteiger partial charge in [-0.3, -0.25) is 0 Å². The van der Waals surface area contributed by atoms with E-state index >= 15 is 0 Å². The summed E-state index contributed by atoms with van der Waals surface area (Å²) in [6, 6.07) is 32.5. The molecule has 208 valence electrons. The van der Waals surface area contributed by atoms with Gasteiger partial charge in [0.05, 0.1) is 28.7 Å². The summed E-state index contributed by atoms with van der Waals surface area (Å²) < 4.78 is 10.4. The Bertz CT molecular complexity index is 2590. The summed E-state index contributed by atoms with van der Waals surface area (Å²) in [5.41, 5.74) is 19.5. The summed E-state index contributed by atoms with van der Waals surface area (Å²) in [7, 11) is 0. The fourth-order valence-corrected chi connectivity index (χ4v) is 10.1. The Balaban J connectivity index is 1.45. The molecule has 44 heavy (non-hydrogen) atoms. The maximum atomic E-state index is 2.64. The second-order valence-corrected chi connectivity index (χ2v) is 14.0. The monoisotopic (exact) mass is 567 g/mol. The van der Waals surface area contributed by atoms with Crippen LogP contribution in [0.5, 0.6) is 0 Å². The minimum absolute atomic E-state index is 0.161. The molecule has 4 aromatic carbocycles. The van der Waals surface area contributed by atoms with Crippen molar-refractivity contribution in [2.45, 2.75) is 45.2 Å². The van der Waals surface area contributed by atoms with E-state index in [2.05, 4.69) is 142 Å². The predicted octanol–water partition coefficient (Wildman–Crippen LogP) is 7.02. The molecule has 5 heteroatoms. The van der Waals surface area contributed by atoms with Crippen LogP contribution >= 0.6 is 0 Å². The van der Waals surface area contributed by atoms with Crippen LogP contribution in [0.2, 0.25) is 0 Å². The number of rotatable bonds is 0. The first kappa shape index (κ1) is 22.4. The van der Waals surface area contributed by atoms with Gasteiger partial charge in [0.25, 0.3) is 0 Å². The molecule has 0 N–H and O–H groups in total. The lowest BCUT2D eigenvalue weighted by atomic mass is 9.69. The summed E-state index contributed by atoms with van der Waals surface area (Å²) >= 11 is 0. The SMILES string of the molecule is Cc1cc(C)[n+]2n1-c1cccc3c1C21c2c4c(cc5c2-n2c6c(cccc6c6ccc[n+]1c62)C5(C)C)Cc1ccccc1N34. The number of hydrogen-bond donors (Lipinski definition) is 0. The van der Waals surface area contributed by atoms with Crippen LogP contribution in [0.4, 0.5) is 17.1 Å². The van der Waals surface area contributed by atoms with Crippen molar-refractivity contribution in [2.24, 2.45) is 0 Å². The highest BCUT2D eigenvalue weighted by Crippen LogP contribution is 2.63. The largest absolute Gasteiger partial charge is 0.394 e. The van der Waals surface area contributed by atoms with Gasteiger partial charge in [0.1, 0.15) is 22.3 Å². The van der Waals surface area contributed by atoms with Gasteiger partial charge in [0.2, 0.25) is 5.69 Å². The highest BCUT2D eigenvalue weighted by molar-refractivity contribution is 6.11. The van der Waals surface area contributed by atoms with Gasteiger partial charge in [0, 0.05) is 47.0 Å². The molecule has 5 aliphatic rings. The maximum Gasteiger partial charge on any atom is 0.394 e. The van der Waals surface area contributed by atoms with E-state index in [0.717, 1.165) is 6.42 Å². The van der Waals surface area contributed by atoms with Gasteiger partial charge in [-0.25, -0.2) is 0 Å². The number of aryl methyl sites for hydroxylation is 2. The molecule has 0 saturated heterocycles. The molecule has 5 aliphatic heterocycles. The van der Waals surface area contributed by atoms with Crippen molar-refractivity contribution in [1.82, 2.24) is 9.25 Å². The smallest absolute Gasteiger partial charge is 0.308 e. The van der Waals surface area contributed by atoms with Crippen LogP contribution in [0, 0.1) is 13.8 Å². The van der Waals surface area contributed by atoms with E-state index < -0.39 is 5.66 Å². The summed E-state index contributed by atoms with van der Waals surface area (Å²) in [5, 5.41) is 2.66. The Morgan fingerprint density at radius 1 is 0.705 bits per heavy atom. The maximum absolute atomic E-state index is 2.64. The first-order valence-corrected chi connectivity index (χ1v) is 15.8. The van der Waals surface area contributed by atoms with Crippen LogP contribution < -0.4 is 14.1 Å². The Morgan fingerprint density at radius 2 is 1.50 bits per heavy atom. The third-order valence-electron chi connectivity index (χ3n) is 11.6. The molecule has 7 aromatic rings. The lowest BCUT2D eigenvalue weighted by Crippen LogP contribution is -2.77. The van der Waals surface area contributed by atoms with Gasteiger partial charge in [0.15, 0.2) is 5.69 Å². The standard InChI is InChI=1S/C39H29N5/c1-21-18-22(2)44-39-32-30(15-8-16-31(32)43(21)44)41-29-14-6-5-10-23(29)19-24-20-28-36(33(39)34(24)41)42-35-25(11-7-13-27(35)38(28,3)4)26-12-9-17-40(39)37(26)42/h5-18,20H,19H2,1-4H3/q+2. The van der Waals surface area contributed by atoms with E-state index in [0.29, 0.717) is 0 Å². The van der Waals surface area contributed by atoms with Crippen molar-refractivity contribution in [1.29, 1.82) is 0 Å². The number of hydrogen-bond acceptors (Lipinski definition) is 1. The van der Waals surface area contributed by atoms with E-state index in [1.54, 1.807) is 0 Å². The second-order valence-electron chi connectivity index (χ2n) is 14.0. The van der Waals surface area contributed by atoms with Crippen LogP contribution in [0.25, 0.3) is 33.3 Å². The predicted molar refractivity (Wildman–Crippen MR) is 171 cm³/mol. The van der Waals surface area contributed by atoms with Crippen molar-refractivity contribution in [3.63, 3.8) is 0 Å². The normalized spacial score (nSPS) is 19.5. The molecule has 12 rings (SSSR count). The van der Waals surface area contributed by atoms with E-state index in [9.17, 15) is 0 Å². The molecule has 1 spiro atoms. The van der Waals surface area contributed by atoms with Crippen LogP contribution in [0.3, 0.4) is 0 Å². The number of nitrogens with zero attached hydrogens (tertiary/aromatic N) is 5. The van der Waals surface area contributed by atoms with Gasteiger partial charge in [-0.15, -0.1) is 4.68 Å². The molecular weight excluding hydrogens is 538 g/mol. The highest BCUT2D eigenvalue weighted by Gasteiger charge is 2.71. The summed E-state index contributed by atoms with van der Waals surface area (Å²) in [6.45, 7) is 9.44. The molecule has 3 aromatic heterocycles. The molecule has 5 nitrogen and oxygen atoms in total. The molecule has 0 bridgehead atoms. The first-order valence-electron chi connectivity index (χ1n) is 15.8. The molecule has 8 heterocycles. The Morgan fingerprint density at radius 3 is 2.41 bits per heavy atom. The molecular formula is C39H29N5+2. The summed E-state index contributed by atoms with van der Waals surface area (Å²) in [5.74, 6) is 0. The lowest BCUT2D eigenvalue weighted by Gasteiger charge is -2.45. The molecule has 0 radical (unpaired) electrons. The zero-order valence-electron chi connectivity index (χ0n) is 25.1. The Hall–Kier alpha value is -5.16. The van der Waals surface area contributed by atoms with Crippen LogP contribution in [0.1, 0.15) is 58.6 Å². The number of anilines is 3. The van der Waals surface area contributed by atoms with Crippen molar-refractivity contribution in [3.8, 4) is 11.4 Å². The van der Waals surface area contributed by atoms with Crippen LogP contribution in [0.15, 0.2) is 91.1 Å². The average molecular weight is 568 g/mol. The highest BCUT2D eigenvalue weighted by atomic mass is 15.5. The van der Waals surface area contributed by atoms with Crippen molar-refractivity contribution in [2.75, 3.05) is 4.90 Å². The van der Waals surface area contributed by atoms with E-state index in [-0.39, 0.29) is 5.41 Å². The molecule has 1 unspecified atom stereocenters. The van der Waals surface area contributed by atoms with Gasteiger partial charge in [-0.1, -0.05) is 54.9 Å². The van der Waals surface area contributed by atoms with Crippen molar-refractivity contribution < 1.29 is 9.25 Å². The number of aromatic nitrogens is 4. The number of para-hydroxylation sites is 2. The Kier molecular flexibility index (Phi) is 3.31.